The summed E-state index contributed by atoms with van der Waals surface area (Å²) in [6, 6.07) is 6.67. The van der Waals surface area contributed by atoms with Crippen LogP contribution in [-0.2, 0) is 16.0 Å². The summed E-state index contributed by atoms with van der Waals surface area (Å²) >= 11 is 0. The monoisotopic (exact) mass is 305 g/mol. The van der Waals surface area contributed by atoms with Crippen LogP contribution in [0.25, 0.3) is 0 Å². The third-order valence-electron chi connectivity index (χ3n) is 4.76. The Kier molecular flexibility index (Phi) is 4.14. The van der Waals surface area contributed by atoms with Crippen LogP contribution in [0.4, 0.5) is 4.39 Å². The minimum absolute atomic E-state index is 0.00314. The van der Waals surface area contributed by atoms with Gasteiger partial charge in [-0.2, -0.15) is 0 Å². The van der Waals surface area contributed by atoms with E-state index in [1.165, 1.54) is 6.07 Å². The molecule has 1 saturated heterocycles. The molecule has 1 aromatic carbocycles. The van der Waals surface area contributed by atoms with Crippen molar-refractivity contribution in [1.82, 2.24) is 4.90 Å². The summed E-state index contributed by atoms with van der Waals surface area (Å²) in [6.07, 6.45) is 3.11. The first-order valence-electron chi connectivity index (χ1n) is 7.80. The Balaban J connectivity index is 1.48. The van der Waals surface area contributed by atoms with Gasteiger partial charge in [-0.3, -0.25) is 9.59 Å². The number of hydrogen-bond acceptors (Lipinski definition) is 2. The zero-order valence-corrected chi connectivity index (χ0v) is 12.4. The van der Waals surface area contributed by atoms with E-state index in [1.807, 2.05) is 6.07 Å². The second kappa shape index (κ2) is 6.07. The quantitative estimate of drug-likeness (QED) is 0.929. The average molecular weight is 305 g/mol. The first-order valence-corrected chi connectivity index (χ1v) is 7.80. The molecule has 3 rings (SSSR count). The Morgan fingerprint density at radius 1 is 1.23 bits per heavy atom. The molecular formula is C17H20FNO3. The van der Waals surface area contributed by atoms with E-state index in [2.05, 4.69) is 0 Å². The standard InChI is InChI=1S/C17H20FNO3/c18-13-3-1-2-12(9-13)8-11-4-6-19(7-5-11)16(20)14-10-15(14)17(21)22/h1-3,9,11,14-15H,4-8,10H2,(H,21,22). The molecule has 2 unspecified atom stereocenters. The molecule has 1 aliphatic heterocycles. The molecule has 5 heteroatoms. The van der Waals surface area contributed by atoms with Crippen LogP contribution in [0, 0.1) is 23.6 Å². The van der Waals surface area contributed by atoms with Gasteiger partial charge in [-0.1, -0.05) is 12.1 Å². The smallest absolute Gasteiger partial charge is 0.307 e. The highest BCUT2D eigenvalue weighted by atomic mass is 19.1. The predicted molar refractivity (Wildman–Crippen MR) is 78.6 cm³/mol. The summed E-state index contributed by atoms with van der Waals surface area (Å²) in [7, 11) is 0. The van der Waals surface area contributed by atoms with E-state index in [0.29, 0.717) is 25.4 Å². The van der Waals surface area contributed by atoms with Crippen LogP contribution < -0.4 is 0 Å². The topological polar surface area (TPSA) is 57.6 Å². The molecule has 0 aromatic heterocycles. The van der Waals surface area contributed by atoms with Gasteiger partial charge in [0.1, 0.15) is 5.82 Å². The number of hydrogen-bond donors (Lipinski definition) is 1. The maximum atomic E-state index is 13.2. The summed E-state index contributed by atoms with van der Waals surface area (Å²) < 4.78 is 13.2. The maximum Gasteiger partial charge on any atom is 0.307 e. The molecule has 1 aromatic rings. The Morgan fingerprint density at radius 3 is 2.55 bits per heavy atom. The van der Waals surface area contributed by atoms with Crippen molar-refractivity contribution in [3.63, 3.8) is 0 Å². The van der Waals surface area contributed by atoms with Crippen molar-refractivity contribution >= 4 is 11.9 Å². The minimum atomic E-state index is -0.862. The molecule has 2 fully saturated rings. The SMILES string of the molecule is O=C(O)C1CC1C(=O)N1CCC(Cc2cccc(F)c2)CC1. The fourth-order valence-corrected chi connectivity index (χ4v) is 3.33. The summed E-state index contributed by atoms with van der Waals surface area (Å²) in [5, 5.41) is 8.90. The van der Waals surface area contributed by atoms with Gasteiger partial charge in [0.15, 0.2) is 0 Å². The fourth-order valence-electron chi connectivity index (χ4n) is 3.33. The van der Waals surface area contributed by atoms with E-state index in [0.717, 1.165) is 24.8 Å². The van der Waals surface area contributed by atoms with Crippen LogP contribution >= 0.6 is 0 Å². The first-order chi connectivity index (χ1) is 10.5. The summed E-state index contributed by atoms with van der Waals surface area (Å²) in [5.74, 6) is -1.40. The summed E-state index contributed by atoms with van der Waals surface area (Å²) in [5.41, 5.74) is 0.998. The molecule has 1 aliphatic carbocycles. The highest BCUT2D eigenvalue weighted by Gasteiger charge is 2.50. The Labute approximate surface area is 128 Å². The van der Waals surface area contributed by atoms with E-state index in [1.54, 1.807) is 17.0 Å². The lowest BCUT2D eigenvalue weighted by Gasteiger charge is -2.32. The van der Waals surface area contributed by atoms with E-state index >= 15 is 0 Å². The zero-order chi connectivity index (χ0) is 15.7. The van der Waals surface area contributed by atoms with E-state index in [4.69, 9.17) is 5.11 Å². The lowest BCUT2D eigenvalue weighted by molar-refractivity contribution is -0.142. The second-order valence-electron chi connectivity index (χ2n) is 6.39. The van der Waals surface area contributed by atoms with Crippen LogP contribution in [0.2, 0.25) is 0 Å². The van der Waals surface area contributed by atoms with Crippen molar-refractivity contribution in [2.75, 3.05) is 13.1 Å². The zero-order valence-electron chi connectivity index (χ0n) is 12.4. The Bertz CT molecular complexity index is 581. The number of halogens is 1. The molecule has 4 nitrogen and oxygen atoms in total. The highest BCUT2D eigenvalue weighted by Crippen LogP contribution is 2.40. The molecule has 0 spiro atoms. The molecule has 1 N–H and O–H groups in total. The van der Waals surface area contributed by atoms with Crippen molar-refractivity contribution in [1.29, 1.82) is 0 Å². The van der Waals surface area contributed by atoms with Gasteiger partial charge in [0.05, 0.1) is 11.8 Å². The number of amides is 1. The van der Waals surface area contributed by atoms with E-state index in [9.17, 15) is 14.0 Å². The number of nitrogens with zero attached hydrogens (tertiary/aromatic N) is 1. The molecule has 118 valence electrons. The normalized spacial score (nSPS) is 25.0. The third kappa shape index (κ3) is 3.29. The van der Waals surface area contributed by atoms with E-state index in [-0.39, 0.29) is 17.6 Å². The lowest BCUT2D eigenvalue weighted by Crippen LogP contribution is -2.40. The number of rotatable bonds is 4. The number of carbonyl (C=O) groups excluding carboxylic acids is 1. The third-order valence-corrected chi connectivity index (χ3v) is 4.76. The van der Waals surface area contributed by atoms with Crippen LogP contribution in [0.1, 0.15) is 24.8 Å². The molecule has 1 saturated carbocycles. The lowest BCUT2D eigenvalue weighted by atomic mass is 9.90. The molecule has 2 atom stereocenters. The van der Waals surface area contributed by atoms with Crippen LogP contribution in [-0.4, -0.2) is 35.0 Å². The van der Waals surface area contributed by atoms with Gasteiger partial charge < -0.3 is 10.0 Å². The largest absolute Gasteiger partial charge is 0.481 e. The Morgan fingerprint density at radius 2 is 1.95 bits per heavy atom. The van der Waals surface area contributed by atoms with Gasteiger partial charge in [-0.15, -0.1) is 0 Å². The second-order valence-corrected chi connectivity index (χ2v) is 6.39. The van der Waals surface area contributed by atoms with Gasteiger partial charge in [0, 0.05) is 13.1 Å². The first kappa shape index (κ1) is 15.0. The van der Waals surface area contributed by atoms with Gasteiger partial charge in [0.2, 0.25) is 5.91 Å². The predicted octanol–water partition coefficient (Wildman–Crippen LogP) is 2.33. The summed E-state index contributed by atoms with van der Waals surface area (Å²) in [4.78, 5) is 24.8. The van der Waals surface area contributed by atoms with Crippen molar-refractivity contribution < 1.29 is 19.1 Å². The van der Waals surface area contributed by atoms with Gasteiger partial charge >= 0.3 is 5.97 Å². The molecule has 1 heterocycles. The summed E-state index contributed by atoms with van der Waals surface area (Å²) in [6.45, 7) is 1.36. The molecule has 22 heavy (non-hydrogen) atoms. The molecular weight excluding hydrogens is 285 g/mol. The maximum absolute atomic E-state index is 13.2. The van der Waals surface area contributed by atoms with Crippen LogP contribution in [0.5, 0.6) is 0 Å². The number of piperidine rings is 1. The molecule has 2 aliphatic rings. The number of carbonyl (C=O) groups is 2. The molecule has 1 amide bonds. The Hall–Kier alpha value is -1.91. The number of benzene rings is 1. The number of likely N-dealkylation sites (tertiary alicyclic amines) is 1. The molecule has 0 radical (unpaired) electrons. The van der Waals surface area contributed by atoms with Gasteiger partial charge in [-0.25, -0.2) is 4.39 Å². The highest BCUT2D eigenvalue weighted by molar-refractivity contribution is 5.89. The number of aliphatic carboxylic acids is 1. The van der Waals surface area contributed by atoms with Crippen molar-refractivity contribution in [3.05, 3.63) is 35.6 Å². The number of carboxylic acids is 1. The van der Waals surface area contributed by atoms with Crippen molar-refractivity contribution in [3.8, 4) is 0 Å². The van der Waals surface area contributed by atoms with Gasteiger partial charge in [0.25, 0.3) is 0 Å². The van der Waals surface area contributed by atoms with Crippen molar-refractivity contribution in [2.45, 2.75) is 25.7 Å². The fraction of sp³-hybridized carbons (Fsp3) is 0.529. The van der Waals surface area contributed by atoms with Crippen LogP contribution in [0.15, 0.2) is 24.3 Å². The number of carboxylic acid groups (broad SMARTS) is 1. The van der Waals surface area contributed by atoms with Gasteiger partial charge in [-0.05, 0) is 49.3 Å². The molecule has 0 bridgehead atoms. The minimum Gasteiger partial charge on any atom is -0.481 e. The van der Waals surface area contributed by atoms with Crippen molar-refractivity contribution in [2.24, 2.45) is 17.8 Å². The van der Waals surface area contributed by atoms with E-state index < -0.39 is 11.9 Å². The average Bonchev–Trinajstić information content (AvgIpc) is 3.28. The van der Waals surface area contributed by atoms with Crippen LogP contribution in [0.3, 0.4) is 0 Å².